The zero-order valence-corrected chi connectivity index (χ0v) is 12.9. The maximum Gasteiger partial charge on any atom is 0.322 e. The minimum atomic E-state index is -1.12. The topological polar surface area (TPSA) is 99.3 Å². The summed E-state index contributed by atoms with van der Waals surface area (Å²) in [6.07, 6.45) is 2.48. The van der Waals surface area contributed by atoms with Crippen molar-refractivity contribution in [1.29, 1.82) is 0 Å². The number of carbonyl (C=O) groups is 3. The first kappa shape index (κ1) is 15.5. The Morgan fingerprint density at radius 3 is 2.78 bits per heavy atom. The first-order valence-electron chi connectivity index (χ1n) is 7.72. The van der Waals surface area contributed by atoms with Gasteiger partial charge in [0.15, 0.2) is 0 Å². The maximum absolute atomic E-state index is 12.0. The van der Waals surface area contributed by atoms with Gasteiger partial charge in [-0.3, -0.25) is 14.9 Å². The Kier molecular flexibility index (Phi) is 4.04. The summed E-state index contributed by atoms with van der Waals surface area (Å²) in [5.74, 6) is 0.181. The highest BCUT2D eigenvalue weighted by molar-refractivity contribution is 6.07. The van der Waals surface area contributed by atoms with Gasteiger partial charge in [0.05, 0.1) is 6.54 Å². The fourth-order valence-corrected chi connectivity index (χ4v) is 2.57. The van der Waals surface area contributed by atoms with Gasteiger partial charge in [-0.1, -0.05) is 12.1 Å². The van der Waals surface area contributed by atoms with E-state index in [1.807, 2.05) is 0 Å². The predicted octanol–water partition coefficient (Wildman–Crippen LogP) is 0.679. The van der Waals surface area contributed by atoms with Crippen molar-refractivity contribution in [2.75, 3.05) is 18.4 Å². The lowest BCUT2D eigenvalue weighted by Crippen LogP contribution is -2.40. The SMILES string of the molecule is CC1(c2cccc(NC(=O)CNCC3CC3)c2)NC(=O)NC1=O. The van der Waals surface area contributed by atoms with Crippen molar-refractivity contribution in [2.45, 2.75) is 25.3 Å². The van der Waals surface area contributed by atoms with Gasteiger partial charge in [-0.05, 0) is 49.9 Å². The molecule has 3 rings (SSSR count). The smallest absolute Gasteiger partial charge is 0.322 e. The van der Waals surface area contributed by atoms with Crippen LogP contribution in [0, 0.1) is 5.92 Å². The zero-order valence-electron chi connectivity index (χ0n) is 12.9. The van der Waals surface area contributed by atoms with Gasteiger partial charge >= 0.3 is 6.03 Å². The summed E-state index contributed by atoms with van der Waals surface area (Å²) in [4.78, 5) is 35.2. The molecule has 1 saturated heterocycles. The van der Waals surface area contributed by atoms with Gasteiger partial charge in [0.1, 0.15) is 5.54 Å². The van der Waals surface area contributed by atoms with Crippen LogP contribution >= 0.6 is 0 Å². The van der Waals surface area contributed by atoms with Gasteiger partial charge < -0.3 is 16.0 Å². The molecule has 1 aliphatic heterocycles. The highest BCUT2D eigenvalue weighted by Crippen LogP contribution is 2.27. The Labute approximate surface area is 134 Å². The summed E-state index contributed by atoms with van der Waals surface area (Å²) in [6, 6.07) is 6.42. The van der Waals surface area contributed by atoms with Crippen molar-refractivity contribution in [3.63, 3.8) is 0 Å². The third-order valence-electron chi connectivity index (χ3n) is 4.18. The van der Waals surface area contributed by atoms with E-state index in [4.69, 9.17) is 0 Å². The number of urea groups is 1. The van der Waals surface area contributed by atoms with E-state index in [0.717, 1.165) is 12.5 Å². The van der Waals surface area contributed by atoms with Crippen LogP contribution in [0.5, 0.6) is 0 Å². The van der Waals surface area contributed by atoms with Gasteiger partial charge in [0, 0.05) is 5.69 Å². The Balaban J connectivity index is 1.63. The molecule has 7 nitrogen and oxygen atoms in total. The molecular weight excluding hydrogens is 296 g/mol. The molecule has 1 atom stereocenters. The molecule has 1 heterocycles. The number of hydrogen-bond acceptors (Lipinski definition) is 4. The van der Waals surface area contributed by atoms with Crippen molar-refractivity contribution in [3.05, 3.63) is 29.8 Å². The van der Waals surface area contributed by atoms with Gasteiger partial charge in [-0.15, -0.1) is 0 Å². The lowest BCUT2D eigenvalue weighted by molar-refractivity contribution is -0.123. The molecule has 1 aromatic rings. The normalized spacial score (nSPS) is 23.3. The van der Waals surface area contributed by atoms with Crippen LogP contribution in [-0.4, -0.2) is 30.9 Å². The number of nitrogens with one attached hydrogen (secondary N) is 4. The number of rotatable bonds is 6. The van der Waals surface area contributed by atoms with Crippen LogP contribution in [0.15, 0.2) is 24.3 Å². The van der Waals surface area contributed by atoms with Gasteiger partial charge in [-0.25, -0.2) is 4.79 Å². The number of imide groups is 1. The van der Waals surface area contributed by atoms with Crippen LogP contribution in [0.4, 0.5) is 10.5 Å². The quantitative estimate of drug-likeness (QED) is 0.580. The van der Waals surface area contributed by atoms with Crippen LogP contribution in [0.25, 0.3) is 0 Å². The van der Waals surface area contributed by atoms with Gasteiger partial charge in [-0.2, -0.15) is 0 Å². The molecule has 1 saturated carbocycles. The second-order valence-electron chi connectivity index (χ2n) is 6.24. The lowest BCUT2D eigenvalue weighted by Gasteiger charge is -2.21. The summed E-state index contributed by atoms with van der Waals surface area (Å²) in [6.45, 7) is 2.76. The summed E-state index contributed by atoms with van der Waals surface area (Å²) in [7, 11) is 0. The van der Waals surface area contributed by atoms with Crippen molar-refractivity contribution in [1.82, 2.24) is 16.0 Å². The zero-order chi connectivity index (χ0) is 16.4. The highest BCUT2D eigenvalue weighted by atomic mass is 16.2. The minimum absolute atomic E-state index is 0.132. The molecule has 122 valence electrons. The second-order valence-corrected chi connectivity index (χ2v) is 6.24. The first-order chi connectivity index (χ1) is 11.0. The van der Waals surface area contributed by atoms with E-state index in [-0.39, 0.29) is 12.5 Å². The molecule has 1 aromatic carbocycles. The van der Waals surface area contributed by atoms with Crippen molar-refractivity contribution in [2.24, 2.45) is 5.92 Å². The molecule has 7 heteroatoms. The van der Waals surface area contributed by atoms with Crippen molar-refractivity contribution in [3.8, 4) is 0 Å². The van der Waals surface area contributed by atoms with E-state index in [2.05, 4.69) is 21.3 Å². The maximum atomic E-state index is 12.0. The van der Waals surface area contributed by atoms with E-state index < -0.39 is 17.5 Å². The van der Waals surface area contributed by atoms with E-state index in [1.54, 1.807) is 31.2 Å². The third kappa shape index (κ3) is 3.50. The van der Waals surface area contributed by atoms with E-state index in [9.17, 15) is 14.4 Å². The van der Waals surface area contributed by atoms with Crippen LogP contribution in [-0.2, 0) is 15.1 Å². The van der Waals surface area contributed by atoms with Gasteiger partial charge in [0.25, 0.3) is 5.91 Å². The molecule has 0 aromatic heterocycles. The fourth-order valence-electron chi connectivity index (χ4n) is 2.57. The Morgan fingerprint density at radius 2 is 2.13 bits per heavy atom. The molecule has 23 heavy (non-hydrogen) atoms. The molecule has 2 aliphatic rings. The molecule has 4 N–H and O–H groups in total. The summed E-state index contributed by atoms with van der Waals surface area (Å²) in [5, 5.41) is 10.8. The van der Waals surface area contributed by atoms with Gasteiger partial charge in [0.2, 0.25) is 5.91 Å². The minimum Gasteiger partial charge on any atom is -0.325 e. The Hall–Kier alpha value is -2.41. The monoisotopic (exact) mass is 316 g/mol. The first-order valence-corrected chi connectivity index (χ1v) is 7.72. The largest absolute Gasteiger partial charge is 0.325 e. The summed E-state index contributed by atoms with van der Waals surface area (Å²) >= 11 is 0. The average molecular weight is 316 g/mol. The van der Waals surface area contributed by atoms with Crippen molar-refractivity contribution >= 4 is 23.5 Å². The predicted molar refractivity (Wildman–Crippen MR) is 84.7 cm³/mol. The highest BCUT2D eigenvalue weighted by Gasteiger charge is 2.43. The van der Waals surface area contributed by atoms with E-state index in [1.165, 1.54) is 12.8 Å². The average Bonchev–Trinajstić information content (AvgIpc) is 3.26. The summed E-state index contributed by atoms with van der Waals surface area (Å²) in [5.41, 5.74) is 0.0858. The number of carbonyl (C=O) groups excluding carboxylic acids is 3. The Bertz CT molecular complexity index is 656. The van der Waals surface area contributed by atoms with Crippen LogP contribution in [0.3, 0.4) is 0 Å². The molecule has 0 radical (unpaired) electrons. The molecule has 4 amide bonds. The molecule has 1 aliphatic carbocycles. The third-order valence-corrected chi connectivity index (χ3v) is 4.18. The summed E-state index contributed by atoms with van der Waals surface area (Å²) < 4.78 is 0. The fraction of sp³-hybridized carbons (Fsp3) is 0.438. The molecule has 1 unspecified atom stereocenters. The standard InChI is InChI=1S/C16H20N4O3/c1-16(14(22)19-15(23)20-16)11-3-2-4-12(7-11)18-13(21)9-17-8-10-5-6-10/h2-4,7,10,17H,5-6,8-9H2,1H3,(H,18,21)(H2,19,20,22,23). The molecule has 2 fully saturated rings. The van der Waals surface area contributed by atoms with E-state index >= 15 is 0 Å². The number of benzene rings is 1. The Morgan fingerprint density at radius 1 is 1.35 bits per heavy atom. The number of hydrogen-bond donors (Lipinski definition) is 4. The van der Waals surface area contributed by atoms with Crippen molar-refractivity contribution < 1.29 is 14.4 Å². The van der Waals surface area contributed by atoms with E-state index in [0.29, 0.717) is 11.3 Å². The van der Waals surface area contributed by atoms with Crippen LogP contribution in [0.2, 0.25) is 0 Å². The number of amides is 4. The molecular formula is C16H20N4O3. The van der Waals surface area contributed by atoms with Crippen LogP contribution < -0.4 is 21.3 Å². The molecule has 0 spiro atoms. The van der Waals surface area contributed by atoms with Crippen LogP contribution in [0.1, 0.15) is 25.3 Å². The lowest BCUT2D eigenvalue weighted by atomic mass is 9.92. The molecule has 0 bridgehead atoms. The second kappa shape index (κ2) is 6.00. The number of anilines is 1.